The van der Waals surface area contributed by atoms with Crippen molar-refractivity contribution < 1.29 is 18.3 Å². The van der Waals surface area contributed by atoms with E-state index >= 15 is 0 Å². The third-order valence-corrected chi connectivity index (χ3v) is 4.34. The molecule has 2 heterocycles. The van der Waals surface area contributed by atoms with E-state index in [4.69, 9.17) is 4.74 Å². The van der Waals surface area contributed by atoms with Crippen molar-refractivity contribution >= 4 is 5.96 Å². The van der Waals surface area contributed by atoms with Crippen molar-refractivity contribution in [3.63, 3.8) is 0 Å². The summed E-state index contributed by atoms with van der Waals surface area (Å²) in [6.07, 6.45) is 2.02. The number of nitrogens with one attached hydrogen (secondary N) is 2. The van der Waals surface area contributed by atoms with E-state index in [1.807, 2.05) is 0 Å². The molecule has 2 aromatic rings. The Morgan fingerprint density at radius 2 is 2.11 bits per heavy atom. The van der Waals surface area contributed by atoms with Crippen LogP contribution in [0.15, 0.2) is 23.2 Å². The SMILES string of the molecule is CCOc1cccc(CNC(=NC)NCc2nnc3n2CCC3)c1OC(F)F. The summed E-state index contributed by atoms with van der Waals surface area (Å²) in [6, 6.07) is 5.03. The lowest BCUT2D eigenvalue weighted by Crippen LogP contribution is -2.37. The third kappa shape index (κ3) is 4.68. The monoisotopic (exact) mass is 394 g/mol. The molecule has 0 atom stereocenters. The largest absolute Gasteiger partial charge is 0.490 e. The van der Waals surface area contributed by atoms with Crippen molar-refractivity contribution in [3.8, 4) is 11.5 Å². The zero-order valence-corrected chi connectivity index (χ0v) is 15.9. The maximum atomic E-state index is 12.8. The zero-order chi connectivity index (χ0) is 19.9. The molecule has 152 valence electrons. The Kier molecular flexibility index (Phi) is 6.62. The van der Waals surface area contributed by atoms with Crippen LogP contribution in [-0.2, 0) is 26.1 Å². The number of aliphatic imine (C=N–C) groups is 1. The van der Waals surface area contributed by atoms with Crippen LogP contribution in [0.5, 0.6) is 11.5 Å². The summed E-state index contributed by atoms with van der Waals surface area (Å²) in [6.45, 7) is 0.816. The average Bonchev–Trinajstić information content (AvgIpc) is 3.28. The van der Waals surface area contributed by atoms with Gasteiger partial charge in [0.05, 0.1) is 13.2 Å². The fourth-order valence-electron chi connectivity index (χ4n) is 3.10. The number of alkyl halides is 2. The van der Waals surface area contributed by atoms with Crippen LogP contribution in [0.4, 0.5) is 8.78 Å². The number of guanidine groups is 1. The predicted molar refractivity (Wildman–Crippen MR) is 99.6 cm³/mol. The van der Waals surface area contributed by atoms with Crippen molar-refractivity contribution in [2.24, 2.45) is 4.99 Å². The molecule has 10 heteroatoms. The Morgan fingerprint density at radius 1 is 1.29 bits per heavy atom. The van der Waals surface area contributed by atoms with Crippen molar-refractivity contribution in [1.82, 2.24) is 25.4 Å². The van der Waals surface area contributed by atoms with Gasteiger partial charge in [-0.05, 0) is 19.4 Å². The summed E-state index contributed by atoms with van der Waals surface area (Å²) in [4.78, 5) is 4.16. The van der Waals surface area contributed by atoms with Gasteiger partial charge in [-0.25, -0.2) is 0 Å². The number of ether oxygens (including phenoxy) is 2. The van der Waals surface area contributed by atoms with Gasteiger partial charge in [0.15, 0.2) is 23.3 Å². The molecule has 2 N–H and O–H groups in total. The van der Waals surface area contributed by atoms with E-state index in [-0.39, 0.29) is 18.0 Å². The minimum Gasteiger partial charge on any atom is -0.490 e. The lowest BCUT2D eigenvalue weighted by Gasteiger charge is -2.17. The van der Waals surface area contributed by atoms with Crippen LogP contribution in [0.3, 0.4) is 0 Å². The first kappa shape index (κ1) is 19.8. The van der Waals surface area contributed by atoms with Crippen molar-refractivity contribution in [2.45, 2.75) is 46.0 Å². The number of aromatic nitrogens is 3. The normalized spacial score (nSPS) is 13.5. The molecule has 3 rings (SSSR count). The highest BCUT2D eigenvalue weighted by atomic mass is 19.3. The first-order valence-corrected chi connectivity index (χ1v) is 9.17. The zero-order valence-electron chi connectivity index (χ0n) is 15.9. The van der Waals surface area contributed by atoms with Crippen LogP contribution in [0.25, 0.3) is 0 Å². The van der Waals surface area contributed by atoms with Gasteiger partial charge in [-0.1, -0.05) is 12.1 Å². The van der Waals surface area contributed by atoms with Gasteiger partial charge in [-0.3, -0.25) is 4.99 Å². The quantitative estimate of drug-likeness (QED) is 0.527. The molecule has 1 aromatic heterocycles. The van der Waals surface area contributed by atoms with Gasteiger partial charge in [-0.2, -0.15) is 8.78 Å². The Bertz CT molecular complexity index is 824. The molecule has 0 spiro atoms. The summed E-state index contributed by atoms with van der Waals surface area (Å²) in [7, 11) is 1.64. The maximum Gasteiger partial charge on any atom is 0.387 e. The number of para-hydroxylation sites is 1. The summed E-state index contributed by atoms with van der Waals surface area (Å²) in [5.74, 6) is 2.67. The molecule has 0 bridgehead atoms. The molecular weight excluding hydrogens is 370 g/mol. The topological polar surface area (TPSA) is 85.6 Å². The fraction of sp³-hybridized carbons (Fsp3) is 0.500. The van der Waals surface area contributed by atoms with E-state index < -0.39 is 6.61 Å². The van der Waals surface area contributed by atoms with Gasteiger partial charge in [0.2, 0.25) is 0 Å². The third-order valence-electron chi connectivity index (χ3n) is 4.34. The molecule has 0 radical (unpaired) electrons. The molecule has 0 aliphatic carbocycles. The summed E-state index contributed by atoms with van der Waals surface area (Å²) < 4.78 is 37.8. The van der Waals surface area contributed by atoms with Crippen LogP contribution >= 0.6 is 0 Å². The van der Waals surface area contributed by atoms with Crippen molar-refractivity contribution in [3.05, 3.63) is 35.4 Å². The van der Waals surface area contributed by atoms with Crippen LogP contribution < -0.4 is 20.1 Å². The van der Waals surface area contributed by atoms with Crippen LogP contribution in [0.1, 0.15) is 30.6 Å². The number of hydrogen-bond donors (Lipinski definition) is 2. The molecule has 1 aliphatic rings. The molecule has 0 amide bonds. The highest BCUT2D eigenvalue weighted by molar-refractivity contribution is 5.79. The number of hydrogen-bond acceptors (Lipinski definition) is 5. The second kappa shape index (κ2) is 9.34. The summed E-state index contributed by atoms with van der Waals surface area (Å²) in [5.41, 5.74) is 0.539. The van der Waals surface area contributed by atoms with Crippen LogP contribution in [0, 0.1) is 0 Å². The number of aryl methyl sites for hydroxylation is 1. The predicted octanol–water partition coefficient (Wildman–Crippen LogP) is 2.09. The molecule has 8 nitrogen and oxygen atoms in total. The number of rotatable bonds is 8. The van der Waals surface area contributed by atoms with Crippen molar-refractivity contribution in [2.75, 3.05) is 13.7 Å². The minimum absolute atomic E-state index is 0.0255. The van der Waals surface area contributed by atoms with Crippen molar-refractivity contribution in [1.29, 1.82) is 0 Å². The average molecular weight is 394 g/mol. The molecule has 1 aliphatic heterocycles. The molecule has 0 saturated carbocycles. The van der Waals surface area contributed by atoms with Gasteiger partial charge in [0.25, 0.3) is 0 Å². The van der Waals surface area contributed by atoms with E-state index in [0.717, 1.165) is 31.0 Å². The van der Waals surface area contributed by atoms with Crippen LogP contribution in [-0.4, -0.2) is 41.0 Å². The second-order valence-corrected chi connectivity index (χ2v) is 6.12. The van der Waals surface area contributed by atoms with E-state index in [1.165, 1.54) is 0 Å². The number of nitrogens with zero attached hydrogens (tertiary/aromatic N) is 4. The summed E-state index contributed by atoms with van der Waals surface area (Å²) in [5, 5.41) is 14.6. The molecule has 1 aromatic carbocycles. The van der Waals surface area contributed by atoms with E-state index in [1.54, 1.807) is 32.2 Å². The minimum atomic E-state index is -2.94. The maximum absolute atomic E-state index is 12.8. The van der Waals surface area contributed by atoms with Gasteiger partial charge in [0, 0.05) is 32.1 Å². The van der Waals surface area contributed by atoms with E-state index in [2.05, 4.69) is 35.1 Å². The highest BCUT2D eigenvalue weighted by Crippen LogP contribution is 2.32. The van der Waals surface area contributed by atoms with E-state index in [0.29, 0.717) is 24.7 Å². The Morgan fingerprint density at radius 3 is 2.86 bits per heavy atom. The summed E-state index contributed by atoms with van der Waals surface area (Å²) >= 11 is 0. The Labute approximate surface area is 162 Å². The van der Waals surface area contributed by atoms with Gasteiger partial charge < -0.3 is 24.7 Å². The smallest absolute Gasteiger partial charge is 0.387 e. The number of halogens is 2. The first-order valence-electron chi connectivity index (χ1n) is 9.17. The first-order chi connectivity index (χ1) is 13.6. The molecule has 0 unspecified atom stereocenters. The standard InChI is InChI=1S/C18H24F2N6O2/c1-3-27-13-7-4-6-12(16(13)28-17(19)20)10-22-18(21-2)23-11-15-25-24-14-8-5-9-26(14)15/h4,6-7,17H,3,5,8-11H2,1-2H3,(H2,21,22,23). The lowest BCUT2D eigenvalue weighted by atomic mass is 10.2. The van der Waals surface area contributed by atoms with Gasteiger partial charge in [-0.15, -0.1) is 10.2 Å². The van der Waals surface area contributed by atoms with E-state index in [9.17, 15) is 8.78 Å². The highest BCUT2D eigenvalue weighted by Gasteiger charge is 2.18. The molecular formula is C18H24F2N6O2. The number of fused-ring (bicyclic) bond motifs is 1. The van der Waals surface area contributed by atoms with Gasteiger partial charge in [0.1, 0.15) is 5.82 Å². The van der Waals surface area contributed by atoms with Gasteiger partial charge >= 0.3 is 6.61 Å². The van der Waals surface area contributed by atoms with Crippen LogP contribution in [0.2, 0.25) is 0 Å². The Balaban J connectivity index is 1.63. The second-order valence-electron chi connectivity index (χ2n) is 6.12. The Hall–Kier alpha value is -2.91. The molecule has 0 saturated heterocycles. The number of benzene rings is 1. The fourth-order valence-corrected chi connectivity index (χ4v) is 3.10. The molecule has 28 heavy (non-hydrogen) atoms. The lowest BCUT2D eigenvalue weighted by molar-refractivity contribution is -0.0520. The molecule has 0 fully saturated rings.